The van der Waals surface area contributed by atoms with Gasteiger partial charge in [-0.2, -0.15) is 0 Å². The highest BCUT2D eigenvalue weighted by Crippen LogP contribution is 2.40. The average Bonchev–Trinajstić information content (AvgIpc) is 3.80. The minimum atomic E-state index is -2.03. The number of benzene rings is 1. The molecule has 1 aromatic heterocycles. The van der Waals surface area contributed by atoms with Gasteiger partial charge in [-0.15, -0.1) is 5.10 Å². The van der Waals surface area contributed by atoms with Crippen molar-refractivity contribution >= 4 is 17.7 Å². The second kappa shape index (κ2) is 25.0. The Morgan fingerprint density at radius 2 is 1.69 bits per heavy atom. The summed E-state index contributed by atoms with van der Waals surface area (Å²) in [6.07, 6.45) is -6.87. The van der Waals surface area contributed by atoms with Gasteiger partial charge < -0.3 is 68.3 Å². The summed E-state index contributed by atoms with van der Waals surface area (Å²) in [7, 11) is 3.35. The van der Waals surface area contributed by atoms with Gasteiger partial charge >= 0.3 is 11.9 Å². The number of hydrogen-bond acceptors (Lipinski definition) is 19. The normalized spacial score (nSPS) is 37.8. The van der Waals surface area contributed by atoms with Crippen molar-refractivity contribution in [3.63, 3.8) is 0 Å². The Bertz CT molecular complexity index is 2040. The van der Waals surface area contributed by atoms with Crippen LogP contribution in [0.4, 0.5) is 0 Å². The fraction of sp³-hybridized carbons (Fsp3) is 0.784. The quantitative estimate of drug-likeness (QED) is 0.113. The Balaban J connectivity index is 1.35. The summed E-state index contributed by atoms with van der Waals surface area (Å²) in [6, 6.07) is 6.46. The molecular weight excluding hydrogens is 925 g/mol. The van der Waals surface area contributed by atoms with E-state index in [-0.39, 0.29) is 32.5 Å². The number of aromatic nitrogens is 3. The van der Waals surface area contributed by atoms with Crippen molar-refractivity contribution in [2.24, 2.45) is 23.7 Å². The lowest BCUT2D eigenvalue weighted by molar-refractivity contribution is -0.311. The van der Waals surface area contributed by atoms with Crippen LogP contribution in [0.1, 0.15) is 117 Å². The minimum absolute atomic E-state index is 0.0655. The zero-order valence-corrected chi connectivity index (χ0v) is 43.8. The number of hydrogen-bond donors (Lipinski definition) is 5. The maximum absolute atomic E-state index is 14.3. The molecule has 3 aliphatic heterocycles. The van der Waals surface area contributed by atoms with E-state index in [9.17, 15) is 39.9 Å². The number of aliphatic hydroxyl groups is 5. The average molecular weight is 1010 g/mol. The molecule has 0 radical (unpaired) electrons. The van der Waals surface area contributed by atoms with E-state index in [1.54, 1.807) is 70.5 Å². The third kappa shape index (κ3) is 14.1. The second-order valence-electron chi connectivity index (χ2n) is 20.7. The zero-order chi connectivity index (χ0) is 52.6. The number of carbonyl (C=O) groups is 3. The highest BCUT2D eigenvalue weighted by Gasteiger charge is 2.53. The number of aryl methyl sites for hydroxylation is 1. The van der Waals surface area contributed by atoms with Crippen LogP contribution in [0, 0.1) is 23.7 Å². The lowest BCUT2D eigenvalue weighted by Crippen LogP contribution is -2.61. The maximum Gasteiger partial charge on any atom is 0.341 e. The van der Waals surface area contributed by atoms with Gasteiger partial charge in [0.1, 0.15) is 41.0 Å². The molecule has 3 saturated heterocycles. The lowest BCUT2D eigenvalue weighted by Gasteiger charge is -2.48. The van der Waals surface area contributed by atoms with Crippen LogP contribution in [0.25, 0.3) is 0 Å². The van der Waals surface area contributed by atoms with Crippen LogP contribution in [-0.2, 0) is 55.7 Å². The van der Waals surface area contributed by atoms with Crippen molar-refractivity contribution < 1.29 is 77.8 Å². The van der Waals surface area contributed by atoms with Crippen molar-refractivity contribution in [2.45, 2.75) is 192 Å². The number of Topliss-reactive ketones (excluding diaryl/α,β-unsaturated/α-hetero) is 1. The molecule has 2 aromatic rings. The van der Waals surface area contributed by atoms with Crippen molar-refractivity contribution in [3.8, 4) is 5.75 Å². The molecular formula is C51H82N4O16. The number of esters is 2. The topological polar surface area (TPSA) is 260 Å². The lowest BCUT2D eigenvalue weighted by atomic mass is 9.74. The van der Waals surface area contributed by atoms with E-state index in [1.807, 2.05) is 25.1 Å². The van der Waals surface area contributed by atoms with Crippen molar-refractivity contribution in [1.29, 1.82) is 0 Å². The number of carbonyl (C=O) groups excluding carboxylic acids is 3. The van der Waals surface area contributed by atoms with Crippen LogP contribution in [0.2, 0.25) is 0 Å². The van der Waals surface area contributed by atoms with Gasteiger partial charge in [-0.1, -0.05) is 45.0 Å². The Kier molecular flexibility index (Phi) is 20.5. The highest BCUT2D eigenvalue weighted by atomic mass is 16.7. The number of ketones is 1. The minimum Gasteiger partial charge on any atom is -0.493 e. The molecule has 4 heterocycles. The second-order valence-corrected chi connectivity index (χ2v) is 20.7. The summed E-state index contributed by atoms with van der Waals surface area (Å²) in [6.45, 7) is 17.8. The largest absolute Gasteiger partial charge is 0.493 e. The predicted molar refractivity (Wildman–Crippen MR) is 257 cm³/mol. The van der Waals surface area contributed by atoms with E-state index in [1.165, 1.54) is 27.9 Å². The maximum atomic E-state index is 14.3. The van der Waals surface area contributed by atoms with Gasteiger partial charge in [0, 0.05) is 69.5 Å². The number of likely N-dealkylation sites (N-methyl/N-ethyl adjacent to an activating group) is 1. The Morgan fingerprint density at radius 1 is 0.986 bits per heavy atom. The number of methoxy groups -OCH3 is 1. The van der Waals surface area contributed by atoms with E-state index in [4.69, 9.17) is 37.9 Å². The van der Waals surface area contributed by atoms with Gasteiger partial charge in [0.25, 0.3) is 0 Å². The molecule has 0 spiro atoms. The Hall–Kier alpha value is -3.67. The van der Waals surface area contributed by atoms with E-state index in [2.05, 4.69) is 10.3 Å². The molecule has 71 heavy (non-hydrogen) atoms. The van der Waals surface area contributed by atoms with Crippen LogP contribution in [-0.4, -0.2) is 182 Å². The summed E-state index contributed by atoms with van der Waals surface area (Å²) >= 11 is 0. The first-order valence-corrected chi connectivity index (χ1v) is 25.2. The summed E-state index contributed by atoms with van der Waals surface area (Å²) in [4.78, 5) is 42.7. The molecule has 0 aliphatic carbocycles. The fourth-order valence-electron chi connectivity index (χ4n) is 10.3. The van der Waals surface area contributed by atoms with Crippen LogP contribution in [0.15, 0.2) is 30.5 Å². The summed E-state index contributed by atoms with van der Waals surface area (Å²) < 4.78 is 50.2. The first-order valence-electron chi connectivity index (χ1n) is 25.2. The molecule has 0 bridgehead atoms. The van der Waals surface area contributed by atoms with Gasteiger partial charge in [0.05, 0.1) is 67.1 Å². The monoisotopic (exact) mass is 1010 g/mol. The first-order chi connectivity index (χ1) is 33.4. The standard InChI is InChI=1S/C51H82N4O16/c1-13-39-51(10,63)44(59)31(5)41(57)29(3)25-49(8,62)45(32(6)43(33(7)46(60)69-39)70-40-26-50(9,64-12)38(56)28-67-40)71-48-42(58)36(24-30(4)68-48)54(11)22-20-34-27-55(53-52-34)21-17-23-66-37-19-16-15-18-35(37)47(61)65-14-2/h15-16,18-19,27,29-33,36,38-40,42-45,48,56,58-59,62-63H,13-14,17,20-26,28H2,1-12H3/t29-,30-,31+,32+,33-,36+,38+,39-,40+,42-,43+,44-,45-,48+,49-,50-,51-/m1/s1. The van der Waals surface area contributed by atoms with Gasteiger partial charge in [0.15, 0.2) is 12.6 Å². The highest BCUT2D eigenvalue weighted by molar-refractivity contribution is 5.92. The molecule has 3 aliphatic rings. The van der Waals surface area contributed by atoms with E-state index < -0.39 is 120 Å². The number of ether oxygens (including phenoxy) is 8. The van der Waals surface area contributed by atoms with Gasteiger partial charge in [-0.3, -0.25) is 14.3 Å². The van der Waals surface area contributed by atoms with Crippen LogP contribution in [0.5, 0.6) is 5.75 Å². The molecule has 5 N–H and O–H groups in total. The van der Waals surface area contributed by atoms with Crippen LogP contribution >= 0.6 is 0 Å². The number of para-hydroxylation sites is 1. The van der Waals surface area contributed by atoms with Crippen molar-refractivity contribution in [1.82, 2.24) is 19.9 Å². The molecule has 0 unspecified atom stereocenters. The van der Waals surface area contributed by atoms with Crippen molar-refractivity contribution in [3.05, 3.63) is 41.7 Å². The number of nitrogens with zero attached hydrogens (tertiary/aromatic N) is 4. The predicted octanol–water partition coefficient (Wildman–Crippen LogP) is 3.25. The van der Waals surface area contributed by atoms with Gasteiger partial charge in [-0.05, 0) is 80.0 Å². The molecule has 20 nitrogen and oxygen atoms in total. The molecule has 1 aromatic carbocycles. The van der Waals surface area contributed by atoms with Gasteiger partial charge in [-0.25, -0.2) is 4.79 Å². The Morgan fingerprint density at radius 3 is 2.37 bits per heavy atom. The summed E-state index contributed by atoms with van der Waals surface area (Å²) in [5.41, 5.74) is -3.88. The van der Waals surface area contributed by atoms with Crippen LogP contribution in [0.3, 0.4) is 0 Å². The molecule has 3 fully saturated rings. The third-order valence-electron chi connectivity index (χ3n) is 14.9. The molecule has 20 heteroatoms. The third-order valence-corrected chi connectivity index (χ3v) is 14.9. The van der Waals surface area contributed by atoms with E-state index >= 15 is 0 Å². The van der Waals surface area contributed by atoms with Gasteiger partial charge in [0.2, 0.25) is 0 Å². The van der Waals surface area contributed by atoms with Crippen molar-refractivity contribution in [2.75, 3.05) is 40.5 Å². The van der Waals surface area contributed by atoms with Crippen LogP contribution < -0.4 is 4.74 Å². The summed E-state index contributed by atoms with van der Waals surface area (Å²) in [5.74, 6) is -5.25. The first kappa shape index (κ1) is 58.2. The molecule has 5 rings (SSSR count). The smallest absolute Gasteiger partial charge is 0.341 e. The SMILES string of the molecule is CCOC(=O)c1ccccc1OCCCn1cc(CCN(C)[C@H]2C[C@@H](C)O[C@@H](O[C@@H]3[C@@H](C)[C@H](O[C@H]4C[C@@](C)(OC)[C@@H](O)CO4)[C@@H](C)C(=O)O[C@H](CC)[C@@](C)(O)[C@H](O)[C@@H](C)C(=O)[C@H](C)C[C@@]3(C)O)[C@@H]2O)nn1. The van der Waals surface area contributed by atoms with E-state index in [0.717, 1.165) is 5.69 Å². The number of aliphatic hydroxyl groups excluding tert-OH is 3. The van der Waals surface area contributed by atoms with E-state index in [0.29, 0.717) is 50.3 Å². The summed E-state index contributed by atoms with van der Waals surface area (Å²) in [5, 5.41) is 67.4. The molecule has 17 atom stereocenters. The molecule has 0 saturated carbocycles. The number of cyclic esters (lactones) is 1. The fourth-order valence-corrected chi connectivity index (χ4v) is 10.3. The molecule has 402 valence electrons. The Labute approximate surface area is 418 Å². The number of rotatable bonds is 17. The molecule has 0 amide bonds. The zero-order valence-electron chi connectivity index (χ0n) is 43.8.